The maximum absolute atomic E-state index is 5.98. The second-order valence-electron chi connectivity index (χ2n) is 7.84. The standard InChI is InChI=1S/C23H33NO2/c1-18-7-8-19(2)22(15-18)26-14-6-13-23(3,4)17-24-16-20-9-11-21(25-5)12-10-20/h7-12,15,24H,6,13-14,16-17H2,1-5H3. The van der Waals surface area contributed by atoms with E-state index in [9.17, 15) is 0 Å². The molecule has 0 amide bonds. The van der Waals surface area contributed by atoms with Gasteiger partial charge in [-0.1, -0.05) is 38.1 Å². The highest BCUT2D eigenvalue weighted by atomic mass is 16.5. The van der Waals surface area contributed by atoms with E-state index in [1.165, 1.54) is 16.7 Å². The lowest BCUT2D eigenvalue weighted by Crippen LogP contribution is -2.29. The summed E-state index contributed by atoms with van der Waals surface area (Å²) in [5.41, 5.74) is 3.97. The molecule has 1 N–H and O–H groups in total. The molecule has 0 aliphatic heterocycles. The van der Waals surface area contributed by atoms with Crippen molar-refractivity contribution in [2.75, 3.05) is 20.3 Å². The summed E-state index contributed by atoms with van der Waals surface area (Å²) in [5, 5.41) is 3.57. The fourth-order valence-corrected chi connectivity index (χ4v) is 2.97. The normalized spacial score (nSPS) is 11.4. The zero-order chi connectivity index (χ0) is 19.0. The third kappa shape index (κ3) is 6.72. The summed E-state index contributed by atoms with van der Waals surface area (Å²) in [4.78, 5) is 0. The van der Waals surface area contributed by atoms with Crippen LogP contribution in [0.2, 0.25) is 0 Å². The molecule has 0 fully saturated rings. The van der Waals surface area contributed by atoms with Gasteiger partial charge in [0, 0.05) is 13.1 Å². The second-order valence-corrected chi connectivity index (χ2v) is 7.84. The van der Waals surface area contributed by atoms with E-state index < -0.39 is 0 Å². The van der Waals surface area contributed by atoms with Crippen LogP contribution in [0.1, 0.15) is 43.4 Å². The summed E-state index contributed by atoms with van der Waals surface area (Å²) in [6, 6.07) is 14.6. The highest BCUT2D eigenvalue weighted by Crippen LogP contribution is 2.23. The Morgan fingerprint density at radius 2 is 1.73 bits per heavy atom. The van der Waals surface area contributed by atoms with Gasteiger partial charge >= 0.3 is 0 Å². The lowest BCUT2D eigenvalue weighted by molar-refractivity contribution is 0.249. The van der Waals surface area contributed by atoms with Crippen molar-refractivity contribution in [1.29, 1.82) is 0 Å². The van der Waals surface area contributed by atoms with Crippen molar-refractivity contribution in [1.82, 2.24) is 5.32 Å². The Hall–Kier alpha value is -2.00. The SMILES string of the molecule is COc1ccc(CNCC(C)(C)CCCOc2cc(C)ccc2C)cc1. The molecule has 0 aromatic heterocycles. The summed E-state index contributed by atoms with van der Waals surface area (Å²) >= 11 is 0. The summed E-state index contributed by atoms with van der Waals surface area (Å²) in [7, 11) is 1.69. The lowest BCUT2D eigenvalue weighted by Gasteiger charge is -2.25. The molecule has 0 radical (unpaired) electrons. The van der Waals surface area contributed by atoms with Crippen LogP contribution < -0.4 is 14.8 Å². The molecule has 3 nitrogen and oxygen atoms in total. The van der Waals surface area contributed by atoms with Gasteiger partial charge in [0.05, 0.1) is 13.7 Å². The van der Waals surface area contributed by atoms with Crippen molar-refractivity contribution >= 4 is 0 Å². The predicted molar refractivity (Wildman–Crippen MR) is 109 cm³/mol. The van der Waals surface area contributed by atoms with Crippen LogP contribution in [0.3, 0.4) is 0 Å². The average Bonchev–Trinajstić information content (AvgIpc) is 2.62. The number of aryl methyl sites for hydroxylation is 2. The second kappa shape index (κ2) is 9.63. The Morgan fingerprint density at radius 1 is 1.00 bits per heavy atom. The number of hydrogen-bond donors (Lipinski definition) is 1. The molecule has 0 spiro atoms. The third-order valence-corrected chi connectivity index (χ3v) is 4.69. The number of methoxy groups -OCH3 is 1. The molecule has 2 aromatic rings. The Bertz CT molecular complexity index is 677. The first kappa shape index (κ1) is 20.3. The fourth-order valence-electron chi connectivity index (χ4n) is 2.97. The molecule has 0 heterocycles. The first-order valence-electron chi connectivity index (χ1n) is 9.43. The minimum Gasteiger partial charge on any atom is -0.497 e. The monoisotopic (exact) mass is 355 g/mol. The molecule has 0 aliphatic carbocycles. The zero-order valence-corrected chi connectivity index (χ0v) is 16.9. The highest BCUT2D eigenvalue weighted by molar-refractivity contribution is 5.35. The van der Waals surface area contributed by atoms with Gasteiger partial charge in [-0.05, 0) is 67.0 Å². The topological polar surface area (TPSA) is 30.5 Å². The Labute approximate surface area is 158 Å². The number of nitrogens with one attached hydrogen (secondary N) is 1. The van der Waals surface area contributed by atoms with E-state index in [2.05, 4.69) is 63.3 Å². The first-order valence-corrected chi connectivity index (χ1v) is 9.43. The summed E-state index contributed by atoms with van der Waals surface area (Å²) in [5.74, 6) is 1.92. The smallest absolute Gasteiger partial charge is 0.122 e. The molecule has 3 heteroatoms. The molecular formula is C23H33NO2. The van der Waals surface area contributed by atoms with Crippen LogP contribution in [0.15, 0.2) is 42.5 Å². The van der Waals surface area contributed by atoms with Gasteiger partial charge in [-0.3, -0.25) is 0 Å². The fraction of sp³-hybridized carbons (Fsp3) is 0.478. The van der Waals surface area contributed by atoms with E-state index in [1.807, 2.05) is 12.1 Å². The number of benzene rings is 2. The highest BCUT2D eigenvalue weighted by Gasteiger charge is 2.17. The number of rotatable bonds is 10. The van der Waals surface area contributed by atoms with E-state index in [-0.39, 0.29) is 5.41 Å². The van der Waals surface area contributed by atoms with Gasteiger partial charge in [-0.25, -0.2) is 0 Å². The van der Waals surface area contributed by atoms with Crippen molar-refractivity contribution in [3.05, 3.63) is 59.2 Å². The van der Waals surface area contributed by atoms with Crippen molar-refractivity contribution in [3.8, 4) is 11.5 Å². The van der Waals surface area contributed by atoms with Crippen LogP contribution in [0.25, 0.3) is 0 Å². The van der Waals surface area contributed by atoms with Gasteiger partial charge in [0.25, 0.3) is 0 Å². The largest absolute Gasteiger partial charge is 0.497 e. The molecule has 0 bridgehead atoms. The molecule has 26 heavy (non-hydrogen) atoms. The Balaban J connectivity index is 1.68. The molecule has 0 unspecified atom stereocenters. The molecule has 0 aliphatic rings. The van der Waals surface area contributed by atoms with E-state index in [0.717, 1.165) is 44.0 Å². The number of hydrogen-bond acceptors (Lipinski definition) is 3. The minimum absolute atomic E-state index is 0.247. The predicted octanol–water partition coefficient (Wildman–Crippen LogP) is 5.29. The molecule has 0 saturated carbocycles. The lowest BCUT2D eigenvalue weighted by atomic mass is 9.88. The van der Waals surface area contributed by atoms with E-state index >= 15 is 0 Å². The third-order valence-electron chi connectivity index (χ3n) is 4.69. The Morgan fingerprint density at radius 3 is 2.42 bits per heavy atom. The van der Waals surface area contributed by atoms with E-state index in [0.29, 0.717) is 0 Å². The number of ether oxygens (including phenoxy) is 2. The van der Waals surface area contributed by atoms with Gasteiger partial charge in [-0.15, -0.1) is 0 Å². The van der Waals surface area contributed by atoms with Gasteiger partial charge in [0.15, 0.2) is 0 Å². The quantitative estimate of drug-likeness (QED) is 0.588. The first-order chi connectivity index (χ1) is 12.4. The molecule has 142 valence electrons. The van der Waals surface area contributed by atoms with Gasteiger partial charge in [0.1, 0.15) is 11.5 Å². The van der Waals surface area contributed by atoms with Crippen LogP contribution in [-0.2, 0) is 6.54 Å². The molecular weight excluding hydrogens is 322 g/mol. The van der Waals surface area contributed by atoms with Gasteiger partial charge in [-0.2, -0.15) is 0 Å². The van der Waals surface area contributed by atoms with Crippen molar-refractivity contribution < 1.29 is 9.47 Å². The van der Waals surface area contributed by atoms with Crippen molar-refractivity contribution in [2.45, 2.75) is 47.1 Å². The van der Waals surface area contributed by atoms with Crippen molar-refractivity contribution in [2.24, 2.45) is 5.41 Å². The Kier molecular flexibility index (Phi) is 7.52. The van der Waals surface area contributed by atoms with Gasteiger partial charge < -0.3 is 14.8 Å². The van der Waals surface area contributed by atoms with Gasteiger partial charge in [0.2, 0.25) is 0 Å². The van der Waals surface area contributed by atoms with Crippen LogP contribution in [0.4, 0.5) is 0 Å². The molecule has 0 atom stereocenters. The van der Waals surface area contributed by atoms with Crippen LogP contribution in [0.5, 0.6) is 11.5 Å². The molecule has 2 rings (SSSR count). The van der Waals surface area contributed by atoms with Crippen LogP contribution >= 0.6 is 0 Å². The summed E-state index contributed by atoms with van der Waals surface area (Å²) < 4.78 is 11.2. The average molecular weight is 356 g/mol. The maximum atomic E-state index is 5.98. The summed E-state index contributed by atoms with van der Waals surface area (Å²) in [6.45, 7) is 11.5. The van der Waals surface area contributed by atoms with Crippen molar-refractivity contribution in [3.63, 3.8) is 0 Å². The molecule has 2 aromatic carbocycles. The van der Waals surface area contributed by atoms with Crippen LogP contribution in [-0.4, -0.2) is 20.3 Å². The molecule has 0 saturated heterocycles. The minimum atomic E-state index is 0.247. The zero-order valence-electron chi connectivity index (χ0n) is 16.9. The van der Waals surface area contributed by atoms with E-state index in [4.69, 9.17) is 9.47 Å². The maximum Gasteiger partial charge on any atom is 0.122 e. The van der Waals surface area contributed by atoms with E-state index in [1.54, 1.807) is 7.11 Å². The van der Waals surface area contributed by atoms with Crippen LogP contribution in [0, 0.1) is 19.3 Å². The summed E-state index contributed by atoms with van der Waals surface area (Å²) in [6.07, 6.45) is 2.19.